The number of carbonyl (C=O) groups is 1. The number of carbonyl (C=O) groups excluding carboxylic acids is 1. The topological polar surface area (TPSA) is 59.8 Å². The van der Waals surface area contributed by atoms with Gasteiger partial charge in [-0.15, -0.1) is 28.5 Å². The van der Waals surface area contributed by atoms with E-state index in [-0.39, 0.29) is 17.5 Å². The van der Waals surface area contributed by atoms with Crippen molar-refractivity contribution < 1.29 is 9.18 Å². The first-order valence-electron chi connectivity index (χ1n) is 9.81. The average Bonchev–Trinajstić information content (AvgIpc) is 3.12. The summed E-state index contributed by atoms with van der Waals surface area (Å²) >= 11 is 3.03. The van der Waals surface area contributed by atoms with Gasteiger partial charge in [-0.05, 0) is 48.7 Å². The first kappa shape index (κ1) is 23.1. The van der Waals surface area contributed by atoms with Crippen LogP contribution >= 0.6 is 23.5 Å². The fraction of sp³-hybridized carbons (Fsp3) is 0.261. The summed E-state index contributed by atoms with van der Waals surface area (Å²) in [7, 11) is 0. The molecule has 0 fully saturated rings. The van der Waals surface area contributed by atoms with Gasteiger partial charge in [0.15, 0.2) is 5.16 Å². The molecule has 0 saturated carbocycles. The van der Waals surface area contributed by atoms with Gasteiger partial charge in [-0.25, -0.2) is 4.39 Å². The highest BCUT2D eigenvalue weighted by Gasteiger charge is 2.14. The van der Waals surface area contributed by atoms with Crippen LogP contribution in [0.1, 0.15) is 22.5 Å². The largest absolute Gasteiger partial charge is 0.325 e. The summed E-state index contributed by atoms with van der Waals surface area (Å²) in [6.07, 6.45) is 1.79. The molecule has 5 nitrogen and oxygen atoms in total. The zero-order valence-corrected chi connectivity index (χ0v) is 19.2. The van der Waals surface area contributed by atoms with E-state index >= 15 is 0 Å². The minimum atomic E-state index is -0.234. The fourth-order valence-corrected chi connectivity index (χ4v) is 4.57. The van der Waals surface area contributed by atoms with Crippen molar-refractivity contribution in [3.8, 4) is 0 Å². The van der Waals surface area contributed by atoms with E-state index in [1.54, 1.807) is 30.0 Å². The molecule has 0 unspecified atom stereocenters. The third-order valence-electron chi connectivity index (χ3n) is 4.52. The summed E-state index contributed by atoms with van der Waals surface area (Å²) in [4.78, 5) is 12.4. The molecule has 0 atom stereocenters. The SMILES string of the molecule is C=CCn1c(CSCc2ccc(F)cc2)nnc1SCC(=O)Nc1cc(C)ccc1C. The van der Waals surface area contributed by atoms with E-state index in [9.17, 15) is 9.18 Å². The highest BCUT2D eigenvalue weighted by Crippen LogP contribution is 2.23. The maximum atomic E-state index is 13.0. The van der Waals surface area contributed by atoms with Gasteiger partial charge < -0.3 is 9.88 Å². The standard InChI is InChI=1S/C23H25FN4OS2/c1-4-11-28-21(14-30-13-18-7-9-19(24)10-8-18)26-27-23(28)31-15-22(29)25-20-12-16(2)5-6-17(20)3/h4-10,12H,1,11,13-15H2,2-3H3,(H,25,29). The van der Waals surface area contributed by atoms with Crippen LogP contribution in [0.2, 0.25) is 0 Å². The lowest BCUT2D eigenvalue weighted by molar-refractivity contribution is -0.113. The Labute approximate surface area is 190 Å². The first-order valence-corrected chi connectivity index (χ1v) is 12.0. The van der Waals surface area contributed by atoms with E-state index in [0.717, 1.165) is 34.0 Å². The number of hydrogen-bond donors (Lipinski definition) is 1. The molecule has 0 bridgehead atoms. The van der Waals surface area contributed by atoms with Crippen LogP contribution in [0.4, 0.5) is 10.1 Å². The van der Waals surface area contributed by atoms with Gasteiger partial charge in [0, 0.05) is 18.0 Å². The number of amides is 1. The van der Waals surface area contributed by atoms with E-state index < -0.39 is 0 Å². The average molecular weight is 457 g/mol. The van der Waals surface area contributed by atoms with Gasteiger partial charge in [-0.3, -0.25) is 4.79 Å². The lowest BCUT2D eigenvalue weighted by Gasteiger charge is -2.10. The minimum absolute atomic E-state index is 0.0842. The molecule has 0 spiro atoms. The van der Waals surface area contributed by atoms with E-state index in [2.05, 4.69) is 22.1 Å². The molecule has 0 aliphatic rings. The van der Waals surface area contributed by atoms with Crippen LogP contribution in [0, 0.1) is 19.7 Å². The Hall–Kier alpha value is -2.58. The second-order valence-corrected chi connectivity index (χ2v) is 9.00. The van der Waals surface area contributed by atoms with Crippen molar-refractivity contribution in [3.05, 3.63) is 83.5 Å². The number of nitrogens with one attached hydrogen (secondary N) is 1. The molecule has 0 aliphatic heterocycles. The Morgan fingerprint density at radius 1 is 1.16 bits per heavy atom. The summed E-state index contributed by atoms with van der Waals surface area (Å²) in [5.41, 5.74) is 4.01. The molecule has 1 heterocycles. The van der Waals surface area contributed by atoms with Gasteiger partial charge >= 0.3 is 0 Å². The second kappa shape index (κ2) is 11.2. The minimum Gasteiger partial charge on any atom is -0.325 e. The Morgan fingerprint density at radius 2 is 1.94 bits per heavy atom. The molecule has 0 aliphatic carbocycles. The number of thioether (sulfide) groups is 2. The monoisotopic (exact) mass is 456 g/mol. The Bertz CT molecular complexity index is 1050. The molecular formula is C23H25FN4OS2. The van der Waals surface area contributed by atoms with Gasteiger partial charge in [0.05, 0.1) is 11.5 Å². The van der Waals surface area contributed by atoms with Crippen LogP contribution < -0.4 is 5.32 Å². The van der Waals surface area contributed by atoms with Crippen molar-refractivity contribution in [1.82, 2.24) is 14.8 Å². The Kier molecular flexibility index (Phi) is 8.31. The molecule has 3 aromatic rings. The normalized spacial score (nSPS) is 10.8. The van der Waals surface area contributed by atoms with Crippen molar-refractivity contribution in [2.75, 3.05) is 11.1 Å². The predicted molar refractivity (Wildman–Crippen MR) is 127 cm³/mol. The number of aromatic nitrogens is 3. The number of nitrogens with zero attached hydrogens (tertiary/aromatic N) is 3. The number of aryl methyl sites for hydroxylation is 2. The zero-order chi connectivity index (χ0) is 22.2. The van der Waals surface area contributed by atoms with Crippen LogP contribution in [0.3, 0.4) is 0 Å². The lowest BCUT2D eigenvalue weighted by Crippen LogP contribution is -2.15. The van der Waals surface area contributed by atoms with Crippen LogP contribution in [0.5, 0.6) is 0 Å². The smallest absolute Gasteiger partial charge is 0.234 e. The summed E-state index contributed by atoms with van der Waals surface area (Å²) < 4.78 is 15.0. The molecule has 1 N–H and O–H groups in total. The number of allylic oxidation sites excluding steroid dienone is 1. The van der Waals surface area contributed by atoms with Crippen molar-refractivity contribution in [1.29, 1.82) is 0 Å². The quantitative estimate of drug-likeness (QED) is 0.328. The zero-order valence-electron chi connectivity index (χ0n) is 17.6. The summed E-state index contributed by atoms with van der Waals surface area (Å²) in [6, 6.07) is 12.5. The number of rotatable bonds is 10. The van der Waals surface area contributed by atoms with Gasteiger partial charge in [0.25, 0.3) is 0 Å². The van der Waals surface area contributed by atoms with Gasteiger partial charge in [0.1, 0.15) is 11.6 Å². The molecule has 0 radical (unpaired) electrons. The molecule has 3 rings (SSSR count). The number of hydrogen-bond acceptors (Lipinski definition) is 5. The number of anilines is 1. The van der Waals surface area contributed by atoms with Crippen LogP contribution in [-0.4, -0.2) is 26.4 Å². The molecule has 8 heteroatoms. The third kappa shape index (κ3) is 6.70. The molecule has 31 heavy (non-hydrogen) atoms. The van der Waals surface area contributed by atoms with Gasteiger partial charge in [-0.1, -0.05) is 42.1 Å². The number of halogens is 1. The molecule has 2 aromatic carbocycles. The van der Waals surface area contributed by atoms with Crippen molar-refractivity contribution >= 4 is 35.1 Å². The highest BCUT2D eigenvalue weighted by atomic mass is 32.2. The molecule has 1 aromatic heterocycles. The highest BCUT2D eigenvalue weighted by molar-refractivity contribution is 7.99. The van der Waals surface area contributed by atoms with Crippen molar-refractivity contribution in [3.63, 3.8) is 0 Å². The van der Waals surface area contributed by atoms with E-state index in [0.29, 0.717) is 17.5 Å². The molecular weight excluding hydrogens is 431 g/mol. The van der Waals surface area contributed by atoms with Gasteiger partial charge in [0.2, 0.25) is 5.91 Å². The summed E-state index contributed by atoms with van der Waals surface area (Å²) in [5.74, 6) is 2.16. The first-order chi connectivity index (χ1) is 15.0. The van der Waals surface area contributed by atoms with Gasteiger partial charge in [-0.2, -0.15) is 0 Å². The molecule has 0 saturated heterocycles. The summed E-state index contributed by atoms with van der Waals surface area (Å²) in [5, 5.41) is 12.2. The lowest BCUT2D eigenvalue weighted by atomic mass is 10.1. The maximum Gasteiger partial charge on any atom is 0.234 e. The van der Waals surface area contributed by atoms with E-state index in [1.165, 1.54) is 23.9 Å². The predicted octanol–water partition coefficient (Wildman–Crippen LogP) is 5.38. The Balaban J connectivity index is 1.57. The van der Waals surface area contributed by atoms with E-state index in [4.69, 9.17) is 0 Å². The van der Waals surface area contributed by atoms with Crippen LogP contribution in [0.25, 0.3) is 0 Å². The summed E-state index contributed by atoms with van der Waals surface area (Å²) in [6.45, 7) is 8.35. The van der Waals surface area contributed by atoms with Crippen molar-refractivity contribution in [2.45, 2.75) is 37.1 Å². The maximum absolute atomic E-state index is 13.0. The van der Waals surface area contributed by atoms with Crippen molar-refractivity contribution in [2.24, 2.45) is 0 Å². The molecule has 1 amide bonds. The Morgan fingerprint density at radius 3 is 2.68 bits per heavy atom. The number of benzene rings is 2. The van der Waals surface area contributed by atoms with Crippen LogP contribution in [-0.2, 0) is 22.8 Å². The van der Waals surface area contributed by atoms with E-state index in [1.807, 2.05) is 36.6 Å². The fourth-order valence-electron chi connectivity index (χ4n) is 2.87. The third-order valence-corrected chi connectivity index (χ3v) is 6.48. The second-order valence-electron chi connectivity index (χ2n) is 7.07. The molecule has 162 valence electrons. The van der Waals surface area contributed by atoms with Crippen LogP contribution in [0.15, 0.2) is 60.3 Å².